The molecule has 2 aliphatic rings. The van der Waals surface area contributed by atoms with Crippen LogP contribution in [0, 0.1) is 12.8 Å². The highest BCUT2D eigenvalue weighted by atomic mass is 16.6. The number of hydrogen-bond donors (Lipinski definition) is 3. The second-order valence-corrected chi connectivity index (χ2v) is 12.0. The molecular weight excluding hydrogens is 626 g/mol. The van der Waals surface area contributed by atoms with Crippen LogP contribution in [0.4, 0.5) is 0 Å². The Morgan fingerprint density at radius 1 is 0.959 bits per heavy atom. The summed E-state index contributed by atoms with van der Waals surface area (Å²) in [6, 6.07) is 10.2. The molecule has 2 fully saturated rings. The molecule has 0 spiro atoms. The minimum atomic E-state index is -0.868. The summed E-state index contributed by atoms with van der Waals surface area (Å²) in [6.45, 7) is 24.8. The second-order valence-electron chi connectivity index (χ2n) is 12.0. The standard InChI is InChI=1S/C23H35N5O7.C7H8.C3H8.2C2H6/c1-14(2)9-17(21(31)24-11-19(29)25-15(3)20(30)23(4)13-34-23)26-22(32)18-10-16(35-27-18)12-28-5-7-33-8-6-28;1-7-5-3-2-4-6-7;1-3-2;2*1-2/h10,14-15,17H,5-9,11-13H2,1-4H3,(H,24,31)(H,25,29)(H,26,32);2-6H,1H3;3H2,1-2H3;2*1-2H3/t15-,17?,23?;;;;/m0..../s1. The number of Topliss-reactive ketones (excluding diaryl/α,β-unsaturated/α-hetero) is 1. The van der Waals surface area contributed by atoms with E-state index in [4.69, 9.17) is 14.0 Å². The SMILES string of the molecule is CC.CC.CC(C)CC(NC(=O)c1cc(CN2CCOCC2)on1)C(=O)NCC(=O)N[C@@H](C)C(=O)C1(C)CO1.CCC.Cc1ccccc1. The summed E-state index contributed by atoms with van der Waals surface area (Å²) in [5, 5.41) is 11.6. The Labute approximate surface area is 294 Å². The molecule has 3 heterocycles. The van der Waals surface area contributed by atoms with Crippen LogP contribution >= 0.6 is 0 Å². The van der Waals surface area contributed by atoms with Gasteiger partial charge in [-0.15, -0.1) is 0 Å². The van der Waals surface area contributed by atoms with Crippen LogP contribution in [0.1, 0.15) is 104 Å². The van der Waals surface area contributed by atoms with Crippen LogP contribution in [0.5, 0.6) is 0 Å². The van der Waals surface area contributed by atoms with Crippen LogP contribution in [0.2, 0.25) is 0 Å². The lowest BCUT2D eigenvalue weighted by atomic mass is 10.0. The van der Waals surface area contributed by atoms with E-state index in [2.05, 4.69) is 58.9 Å². The zero-order chi connectivity index (χ0) is 37.4. The van der Waals surface area contributed by atoms with Crippen molar-refractivity contribution in [3.05, 3.63) is 53.4 Å². The average molecular weight is 690 g/mol. The third kappa shape index (κ3) is 18.7. The van der Waals surface area contributed by atoms with E-state index in [0.29, 0.717) is 38.5 Å². The molecule has 3 atom stereocenters. The van der Waals surface area contributed by atoms with Gasteiger partial charge in [0, 0.05) is 19.2 Å². The van der Waals surface area contributed by atoms with Gasteiger partial charge in [-0.2, -0.15) is 0 Å². The molecule has 1 aromatic heterocycles. The number of benzene rings is 1. The Morgan fingerprint density at radius 3 is 2.02 bits per heavy atom. The molecular formula is C37H63N5O7. The second kappa shape index (κ2) is 25.4. The number of aromatic nitrogens is 1. The zero-order valence-electron chi connectivity index (χ0n) is 31.8. The van der Waals surface area contributed by atoms with Gasteiger partial charge in [-0.1, -0.05) is 103 Å². The summed E-state index contributed by atoms with van der Waals surface area (Å²) in [5.41, 5.74) is 0.560. The molecule has 2 aromatic rings. The Bertz CT molecular complexity index is 1210. The van der Waals surface area contributed by atoms with Crippen LogP contribution < -0.4 is 16.0 Å². The van der Waals surface area contributed by atoms with Crippen molar-refractivity contribution < 1.29 is 33.2 Å². The summed E-state index contributed by atoms with van der Waals surface area (Å²) in [6.07, 6.45) is 1.61. The van der Waals surface area contributed by atoms with Gasteiger partial charge >= 0.3 is 0 Å². The van der Waals surface area contributed by atoms with Crippen molar-refractivity contribution in [2.45, 2.75) is 113 Å². The van der Waals surface area contributed by atoms with E-state index >= 15 is 0 Å². The van der Waals surface area contributed by atoms with E-state index < -0.39 is 35.4 Å². The topological polar surface area (TPSA) is 155 Å². The van der Waals surface area contributed by atoms with Gasteiger partial charge in [0.2, 0.25) is 11.8 Å². The van der Waals surface area contributed by atoms with Crippen LogP contribution in [-0.4, -0.2) is 90.7 Å². The fourth-order valence-corrected chi connectivity index (χ4v) is 4.30. The fraction of sp³-hybridized carbons (Fsp3) is 0.649. The highest BCUT2D eigenvalue weighted by molar-refractivity contribution is 5.98. The van der Waals surface area contributed by atoms with Crippen molar-refractivity contribution in [2.24, 2.45) is 5.92 Å². The molecule has 4 rings (SSSR count). The largest absolute Gasteiger partial charge is 0.379 e. The molecule has 0 bridgehead atoms. The number of aryl methyl sites for hydroxylation is 1. The number of ketones is 1. The van der Waals surface area contributed by atoms with E-state index in [9.17, 15) is 19.2 Å². The van der Waals surface area contributed by atoms with Crippen molar-refractivity contribution in [3.8, 4) is 0 Å². The lowest BCUT2D eigenvalue weighted by molar-refractivity contribution is -0.130. The summed E-state index contributed by atoms with van der Waals surface area (Å²) in [4.78, 5) is 52.0. The fourth-order valence-electron chi connectivity index (χ4n) is 4.30. The maximum Gasteiger partial charge on any atom is 0.274 e. The van der Waals surface area contributed by atoms with Gasteiger partial charge in [-0.25, -0.2) is 0 Å². The van der Waals surface area contributed by atoms with Gasteiger partial charge in [-0.05, 0) is 33.1 Å². The predicted molar refractivity (Wildman–Crippen MR) is 193 cm³/mol. The number of carbonyl (C=O) groups is 4. The van der Waals surface area contributed by atoms with Crippen LogP contribution in [-0.2, 0) is 30.4 Å². The smallest absolute Gasteiger partial charge is 0.274 e. The molecule has 1 aromatic carbocycles. The highest BCUT2D eigenvalue weighted by Crippen LogP contribution is 2.28. The number of nitrogens with zero attached hydrogens (tertiary/aromatic N) is 2. The van der Waals surface area contributed by atoms with Gasteiger partial charge in [-0.3, -0.25) is 24.1 Å². The molecule has 12 heteroatoms. The summed E-state index contributed by atoms with van der Waals surface area (Å²) < 4.78 is 15.7. The molecule has 278 valence electrons. The van der Waals surface area contributed by atoms with Crippen molar-refractivity contribution >= 4 is 23.5 Å². The molecule has 2 saturated heterocycles. The van der Waals surface area contributed by atoms with Crippen LogP contribution in [0.15, 0.2) is 40.9 Å². The number of amides is 3. The Balaban J connectivity index is 0.00000139. The maximum absolute atomic E-state index is 12.8. The number of nitrogens with one attached hydrogen (secondary N) is 3. The molecule has 0 saturated carbocycles. The van der Waals surface area contributed by atoms with Crippen molar-refractivity contribution in [2.75, 3.05) is 39.5 Å². The first kappa shape index (κ1) is 45.4. The summed E-state index contributed by atoms with van der Waals surface area (Å²) in [7, 11) is 0. The first-order valence-electron chi connectivity index (χ1n) is 17.7. The minimum absolute atomic E-state index is 0.0793. The third-order valence-corrected chi connectivity index (χ3v) is 6.84. The first-order valence-corrected chi connectivity index (χ1v) is 17.7. The van der Waals surface area contributed by atoms with Crippen molar-refractivity contribution in [1.29, 1.82) is 0 Å². The number of epoxide rings is 1. The molecule has 12 nitrogen and oxygen atoms in total. The summed E-state index contributed by atoms with van der Waals surface area (Å²) in [5.74, 6) is -1.12. The number of carbonyl (C=O) groups excluding carboxylic acids is 4. The highest BCUT2D eigenvalue weighted by Gasteiger charge is 2.49. The van der Waals surface area contributed by atoms with E-state index in [1.807, 2.05) is 59.7 Å². The maximum atomic E-state index is 12.8. The molecule has 3 N–H and O–H groups in total. The van der Waals surface area contributed by atoms with E-state index in [1.54, 1.807) is 19.9 Å². The molecule has 0 aliphatic carbocycles. The normalized spacial score (nSPS) is 17.4. The quantitative estimate of drug-likeness (QED) is 0.258. The molecule has 0 radical (unpaired) electrons. The molecule has 2 aliphatic heterocycles. The third-order valence-electron chi connectivity index (χ3n) is 6.84. The Kier molecular flexibility index (Phi) is 23.5. The lowest BCUT2D eigenvalue weighted by Gasteiger charge is -2.25. The van der Waals surface area contributed by atoms with E-state index in [1.165, 1.54) is 12.0 Å². The van der Waals surface area contributed by atoms with Crippen LogP contribution in [0.25, 0.3) is 0 Å². The minimum Gasteiger partial charge on any atom is -0.379 e. The lowest BCUT2D eigenvalue weighted by Crippen LogP contribution is -2.51. The molecule has 3 amide bonds. The van der Waals surface area contributed by atoms with Gasteiger partial charge in [0.1, 0.15) is 11.6 Å². The van der Waals surface area contributed by atoms with Gasteiger partial charge < -0.3 is 29.9 Å². The Hall–Kier alpha value is -3.61. The van der Waals surface area contributed by atoms with Gasteiger partial charge in [0.05, 0.1) is 39.0 Å². The number of morpholine rings is 1. The van der Waals surface area contributed by atoms with E-state index in [0.717, 1.165) is 13.1 Å². The molecule has 49 heavy (non-hydrogen) atoms. The van der Waals surface area contributed by atoms with Crippen LogP contribution in [0.3, 0.4) is 0 Å². The molecule has 2 unspecified atom stereocenters. The average Bonchev–Trinajstić information content (AvgIpc) is 3.68. The van der Waals surface area contributed by atoms with Crippen molar-refractivity contribution in [3.63, 3.8) is 0 Å². The van der Waals surface area contributed by atoms with Crippen molar-refractivity contribution in [1.82, 2.24) is 26.0 Å². The first-order chi connectivity index (χ1) is 23.4. The summed E-state index contributed by atoms with van der Waals surface area (Å²) >= 11 is 0. The number of hydrogen-bond acceptors (Lipinski definition) is 9. The number of rotatable bonds is 12. The Morgan fingerprint density at radius 2 is 1.53 bits per heavy atom. The van der Waals surface area contributed by atoms with Gasteiger partial charge in [0.25, 0.3) is 5.91 Å². The monoisotopic (exact) mass is 689 g/mol. The van der Waals surface area contributed by atoms with E-state index in [-0.39, 0.29) is 23.9 Å². The van der Waals surface area contributed by atoms with Gasteiger partial charge in [0.15, 0.2) is 17.2 Å². The number of ether oxygens (including phenoxy) is 2. The zero-order valence-corrected chi connectivity index (χ0v) is 31.8. The predicted octanol–water partition coefficient (Wildman–Crippen LogP) is 5.09.